The zero-order valence-electron chi connectivity index (χ0n) is 19.7. The quantitative estimate of drug-likeness (QED) is 0.522. The molecule has 2 aliphatic rings. The molecule has 0 radical (unpaired) electrons. The third-order valence-electron chi connectivity index (χ3n) is 6.74. The van der Waals surface area contributed by atoms with Crippen LogP contribution in [0, 0.1) is 17.6 Å². The Hall–Kier alpha value is -2.23. The molecule has 1 saturated heterocycles. The van der Waals surface area contributed by atoms with Gasteiger partial charge in [0.25, 0.3) is 5.91 Å². The van der Waals surface area contributed by atoms with Gasteiger partial charge in [0.15, 0.2) is 0 Å². The van der Waals surface area contributed by atoms with Gasteiger partial charge in [0.1, 0.15) is 17.4 Å². The molecule has 1 saturated carbocycles. The second-order valence-corrected chi connectivity index (χ2v) is 11.6. The van der Waals surface area contributed by atoms with Crippen molar-refractivity contribution < 1.29 is 26.7 Å². The van der Waals surface area contributed by atoms with Crippen molar-refractivity contribution in [2.24, 2.45) is 5.92 Å². The third-order valence-corrected chi connectivity index (χ3v) is 7.58. The molecule has 2 aromatic carbocycles. The van der Waals surface area contributed by atoms with E-state index in [0.717, 1.165) is 56.2 Å². The highest BCUT2D eigenvalue weighted by atomic mass is 35.5. The van der Waals surface area contributed by atoms with Gasteiger partial charge in [0.05, 0.1) is 23.4 Å². The molecule has 1 aliphatic heterocycles. The topological polar surface area (TPSA) is 75.7 Å². The van der Waals surface area contributed by atoms with Crippen molar-refractivity contribution in [3.63, 3.8) is 0 Å². The summed E-state index contributed by atoms with van der Waals surface area (Å²) in [6, 6.07) is 7.54. The van der Waals surface area contributed by atoms with E-state index in [2.05, 4.69) is 11.8 Å². The van der Waals surface area contributed by atoms with Gasteiger partial charge in [0, 0.05) is 12.1 Å². The van der Waals surface area contributed by atoms with Crippen molar-refractivity contribution >= 4 is 27.5 Å². The van der Waals surface area contributed by atoms with Crippen LogP contribution in [0.25, 0.3) is 0 Å². The lowest BCUT2D eigenvalue weighted by atomic mass is 9.95. The van der Waals surface area contributed by atoms with E-state index >= 15 is 0 Å². The highest BCUT2D eigenvalue weighted by Gasteiger charge is 2.31. The predicted molar refractivity (Wildman–Crippen MR) is 130 cm³/mol. The van der Waals surface area contributed by atoms with Gasteiger partial charge in [-0.1, -0.05) is 17.7 Å². The molecular weight excluding hydrogens is 498 g/mol. The Bertz CT molecular complexity index is 1210. The molecule has 1 atom stereocenters. The van der Waals surface area contributed by atoms with Crippen LogP contribution >= 0.6 is 11.6 Å². The number of amides is 1. The molecule has 0 spiro atoms. The lowest BCUT2D eigenvalue weighted by Gasteiger charge is -2.36. The van der Waals surface area contributed by atoms with Crippen molar-refractivity contribution in [3.05, 3.63) is 63.7 Å². The molecular formula is C25H29ClF2N2O4S. The molecule has 190 valence electrons. The summed E-state index contributed by atoms with van der Waals surface area (Å²) in [6.07, 6.45) is 4.48. The number of hydrogen-bond donors (Lipinski definition) is 1. The zero-order chi connectivity index (χ0) is 25.3. The SMILES string of the molecule is C[C@@H](c1ccc(F)c(Cl)c1)N1CCC(COc2cc(F)c(C(=O)NS(C)(=O)=O)cc2C2CC2)CC1. The number of sulfonamides is 1. The summed E-state index contributed by atoms with van der Waals surface area (Å²) >= 11 is 5.94. The van der Waals surface area contributed by atoms with E-state index in [0.29, 0.717) is 18.3 Å². The molecule has 4 rings (SSSR count). The highest BCUT2D eigenvalue weighted by molar-refractivity contribution is 7.89. The van der Waals surface area contributed by atoms with Gasteiger partial charge in [-0.3, -0.25) is 9.69 Å². The molecule has 2 fully saturated rings. The first-order chi connectivity index (χ1) is 16.5. The minimum Gasteiger partial charge on any atom is -0.493 e. The summed E-state index contributed by atoms with van der Waals surface area (Å²) < 4.78 is 58.8. The van der Waals surface area contributed by atoms with Gasteiger partial charge in [-0.15, -0.1) is 0 Å². The molecule has 0 aromatic heterocycles. The first-order valence-electron chi connectivity index (χ1n) is 11.7. The Morgan fingerprint density at radius 1 is 1.14 bits per heavy atom. The number of ether oxygens (including phenoxy) is 1. The molecule has 1 N–H and O–H groups in total. The Morgan fingerprint density at radius 3 is 2.43 bits per heavy atom. The van der Waals surface area contributed by atoms with E-state index in [1.54, 1.807) is 12.1 Å². The van der Waals surface area contributed by atoms with Gasteiger partial charge >= 0.3 is 0 Å². The third kappa shape index (κ3) is 6.51. The number of halogens is 3. The van der Waals surface area contributed by atoms with Crippen molar-refractivity contribution in [3.8, 4) is 5.75 Å². The van der Waals surface area contributed by atoms with Gasteiger partial charge in [0.2, 0.25) is 10.0 Å². The molecule has 10 heteroatoms. The number of benzene rings is 2. The van der Waals surface area contributed by atoms with Crippen LogP contribution in [0.15, 0.2) is 30.3 Å². The van der Waals surface area contributed by atoms with Crippen LogP contribution in [0.1, 0.15) is 66.1 Å². The molecule has 1 heterocycles. The number of nitrogens with one attached hydrogen (secondary N) is 1. The Morgan fingerprint density at radius 2 is 1.83 bits per heavy atom. The fourth-order valence-corrected chi connectivity index (χ4v) is 5.14. The van der Waals surface area contributed by atoms with Crippen LogP contribution in [0.2, 0.25) is 5.02 Å². The van der Waals surface area contributed by atoms with Crippen LogP contribution in [0.5, 0.6) is 5.75 Å². The van der Waals surface area contributed by atoms with Gasteiger partial charge in [-0.25, -0.2) is 21.9 Å². The van der Waals surface area contributed by atoms with Gasteiger partial charge in [-0.05, 0) is 86.9 Å². The van der Waals surface area contributed by atoms with Crippen LogP contribution in [0.3, 0.4) is 0 Å². The maximum absolute atomic E-state index is 14.7. The molecule has 1 aliphatic carbocycles. The van der Waals surface area contributed by atoms with Crippen molar-refractivity contribution in [2.45, 2.75) is 44.6 Å². The molecule has 2 aromatic rings. The van der Waals surface area contributed by atoms with Gasteiger partial charge < -0.3 is 4.74 Å². The van der Waals surface area contributed by atoms with Crippen LogP contribution in [-0.4, -0.2) is 45.2 Å². The lowest BCUT2D eigenvalue weighted by molar-refractivity contribution is 0.0977. The van der Waals surface area contributed by atoms with E-state index in [-0.39, 0.29) is 22.5 Å². The zero-order valence-corrected chi connectivity index (χ0v) is 21.3. The van der Waals surface area contributed by atoms with Crippen molar-refractivity contribution in [1.29, 1.82) is 0 Å². The van der Waals surface area contributed by atoms with Crippen molar-refractivity contribution in [2.75, 3.05) is 26.0 Å². The Labute approximate surface area is 209 Å². The fourth-order valence-electron chi connectivity index (χ4n) is 4.51. The molecule has 0 bridgehead atoms. The maximum atomic E-state index is 14.7. The maximum Gasteiger partial charge on any atom is 0.267 e. The largest absolute Gasteiger partial charge is 0.493 e. The minimum absolute atomic E-state index is 0.108. The minimum atomic E-state index is -3.80. The van der Waals surface area contributed by atoms with Crippen molar-refractivity contribution in [1.82, 2.24) is 9.62 Å². The first-order valence-corrected chi connectivity index (χ1v) is 14.0. The second kappa shape index (κ2) is 10.4. The number of hydrogen-bond acceptors (Lipinski definition) is 5. The predicted octanol–water partition coefficient (Wildman–Crippen LogP) is 5.04. The number of rotatable bonds is 8. The summed E-state index contributed by atoms with van der Waals surface area (Å²) in [7, 11) is -3.80. The Kier molecular flexibility index (Phi) is 7.68. The average molecular weight is 527 g/mol. The van der Waals surface area contributed by atoms with E-state index in [1.165, 1.54) is 18.2 Å². The van der Waals surface area contributed by atoms with Crippen LogP contribution < -0.4 is 9.46 Å². The molecule has 6 nitrogen and oxygen atoms in total. The van der Waals surface area contributed by atoms with Gasteiger partial charge in [-0.2, -0.15) is 0 Å². The number of likely N-dealkylation sites (tertiary alicyclic amines) is 1. The number of carbonyl (C=O) groups is 1. The standard InChI is InChI=1S/C25H29ClF2N2O4S/c1-15(18-5-6-22(27)21(26)11-18)30-9-7-16(8-10-30)14-34-24-13-23(28)20(12-19(24)17-3-4-17)25(31)29-35(2,32)33/h5-6,11-13,15-17H,3-4,7-10,14H2,1-2H3,(H,29,31)/t15-/m0/s1. The summed E-state index contributed by atoms with van der Waals surface area (Å²) in [6.45, 7) is 4.20. The number of carbonyl (C=O) groups excluding carboxylic acids is 1. The molecule has 35 heavy (non-hydrogen) atoms. The summed E-state index contributed by atoms with van der Waals surface area (Å²) in [4.78, 5) is 14.5. The van der Waals surface area contributed by atoms with E-state index in [4.69, 9.17) is 16.3 Å². The van der Waals surface area contributed by atoms with Crippen LogP contribution in [0.4, 0.5) is 8.78 Å². The van der Waals surface area contributed by atoms with E-state index < -0.39 is 27.6 Å². The smallest absolute Gasteiger partial charge is 0.267 e. The van der Waals surface area contributed by atoms with E-state index in [9.17, 15) is 22.0 Å². The summed E-state index contributed by atoms with van der Waals surface area (Å²) in [5.41, 5.74) is 1.41. The van der Waals surface area contributed by atoms with Crippen LogP contribution in [-0.2, 0) is 10.0 Å². The summed E-state index contributed by atoms with van der Waals surface area (Å²) in [5, 5.41) is 0.121. The Balaban J connectivity index is 1.37. The number of nitrogens with zero attached hydrogens (tertiary/aromatic N) is 1. The highest BCUT2D eigenvalue weighted by Crippen LogP contribution is 2.45. The normalized spacial score (nSPS) is 18.3. The first kappa shape index (κ1) is 25.9. The summed E-state index contributed by atoms with van der Waals surface area (Å²) in [5.74, 6) is -1.34. The molecule has 1 amide bonds. The molecule has 0 unspecified atom stereocenters. The monoisotopic (exact) mass is 526 g/mol. The fraction of sp³-hybridized carbons (Fsp3) is 0.480. The number of piperidine rings is 1. The lowest BCUT2D eigenvalue weighted by Crippen LogP contribution is -2.37. The van der Waals surface area contributed by atoms with E-state index in [1.807, 2.05) is 4.72 Å². The second-order valence-electron chi connectivity index (χ2n) is 9.49. The average Bonchev–Trinajstić information content (AvgIpc) is 3.63.